The SMILES string of the molecule is CCCC/C=C\CCCCCC(O)C(=O)NC(COC1OC(CO)C(O)C(OS(=O)(=O)O)C1O)C(O)/C=C/CC/C=C/CCCCCCCCC. The Labute approximate surface area is 306 Å². The van der Waals surface area contributed by atoms with Gasteiger partial charge < -0.3 is 40.3 Å². The Hall–Kier alpha value is -1.72. The predicted octanol–water partition coefficient (Wildman–Crippen LogP) is 4.57. The fourth-order valence-electron chi connectivity index (χ4n) is 5.63. The molecular weight excluding hydrogens is 682 g/mol. The quantitative estimate of drug-likeness (QED) is 0.0306. The summed E-state index contributed by atoms with van der Waals surface area (Å²) in [5.41, 5.74) is 0. The topological polar surface area (TPSA) is 212 Å². The van der Waals surface area contributed by atoms with Crippen LogP contribution in [0.25, 0.3) is 0 Å². The molecule has 8 unspecified atom stereocenters. The summed E-state index contributed by atoms with van der Waals surface area (Å²) >= 11 is 0. The van der Waals surface area contributed by atoms with Crippen molar-refractivity contribution in [3.8, 4) is 0 Å². The van der Waals surface area contributed by atoms with Gasteiger partial charge in [-0.05, 0) is 51.4 Å². The van der Waals surface area contributed by atoms with Gasteiger partial charge in [0.2, 0.25) is 5.91 Å². The minimum Gasteiger partial charge on any atom is -0.394 e. The number of hydrogen-bond acceptors (Lipinski definition) is 11. The zero-order chi connectivity index (χ0) is 37.9. The van der Waals surface area contributed by atoms with Crippen molar-refractivity contribution in [2.45, 2.75) is 178 Å². The van der Waals surface area contributed by atoms with E-state index in [1.54, 1.807) is 6.08 Å². The molecule has 1 aliphatic rings. The summed E-state index contributed by atoms with van der Waals surface area (Å²) in [6.45, 7) is 3.07. The number of nitrogens with one attached hydrogen (secondary N) is 1. The van der Waals surface area contributed by atoms with Crippen LogP contribution >= 0.6 is 0 Å². The highest BCUT2D eigenvalue weighted by atomic mass is 32.3. The van der Waals surface area contributed by atoms with Crippen molar-refractivity contribution in [2.75, 3.05) is 13.2 Å². The monoisotopic (exact) mass is 749 g/mol. The van der Waals surface area contributed by atoms with E-state index >= 15 is 0 Å². The molecule has 0 aliphatic carbocycles. The van der Waals surface area contributed by atoms with E-state index < -0.39 is 78.5 Å². The van der Waals surface area contributed by atoms with Gasteiger partial charge in [-0.2, -0.15) is 8.42 Å². The summed E-state index contributed by atoms with van der Waals surface area (Å²) in [5, 5.41) is 54.7. The number of carbonyl (C=O) groups is 1. The first kappa shape index (κ1) is 47.3. The van der Waals surface area contributed by atoms with Gasteiger partial charge in [-0.25, -0.2) is 4.18 Å². The average Bonchev–Trinajstić information content (AvgIpc) is 3.09. The summed E-state index contributed by atoms with van der Waals surface area (Å²) in [6, 6.07) is -1.14. The molecule has 0 saturated carbocycles. The number of hydrogen-bond donors (Lipinski definition) is 7. The maximum atomic E-state index is 12.9. The van der Waals surface area contributed by atoms with Crippen LogP contribution in [-0.2, 0) is 28.9 Å². The standard InChI is InChI=1S/C37H67NO12S/c1-3-5-7-9-11-13-14-15-16-18-19-21-23-25-30(40)29(38-36(44)31(41)26-24-22-20-17-12-10-8-6-4-2)28-48-37-34(43)35(50-51(45,46)47)33(42)32(27-39)49-37/h10,12,16,18,23,25,29-35,37,39-43H,3-9,11,13-15,17,19-22,24,26-28H2,1-2H3,(H,38,44)(H,45,46,47)/b12-10-,18-16+,25-23+. The van der Waals surface area contributed by atoms with Gasteiger partial charge >= 0.3 is 10.4 Å². The van der Waals surface area contributed by atoms with Gasteiger partial charge in [0.05, 0.1) is 25.4 Å². The highest BCUT2D eigenvalue weighted by Crippen LogP contribution is 2.26. The number of aliphatic hydroxyl groups excluding tert-OH is 5. The molecule has 1 heterocycles. The summed E-state index contributed by atoms with van der Waals surface area (Å²) in [6.07, 6.45) is 18.4. The zero-order valence-electron chi connectivity index (χ0n) is 30.8. The molecule has 51 heavy (non-hydrogen) atoms. The van der Waals surface area contributed by atoms with Crippen LogP contribution in [0.4, 0.5) is 0 Å². The fourth-order valence-corrected chi connectivity index (χ4v) is 6.14. The van der Waals surface area contributed by atoms with Crippen LogP contribution in [0.2, 0.25) is 0 Å². The van der Waals surface area contributed by atoms with Crippen molar-refractivity contribution in [1.82, 2.24) is 5.32 Å². The summed E-state index contributed by atoms with van der Waals surface area (Å²) in [7, 11) is -5.12. The van der Waals surface area contributed by atoms with Crippen molar-refractivity contribution in [3.63, 3.8) is 0 Å². The van der Waals surface area contributed by atoms with E-state index in [0.717, 1.165) is 57.8 Å². The van der Waals surface area contributed by atoms with Gasteiger partial charge in [-0.3, -0.25) is 9.35 Å². The van der Waals surface area contributed by atoms with Gasteiger partial charge in [-0.1, -0.05) is 115 Å². The minimum absolute atomic E-state index is 0.214. The molecule has 1 rings (SSSR count). The third kappa shape index (κ3) is 22.2. The second kappa shape index (κ2) is 28.7. The van der Waals surface area contributed by atoms with Gasteiger partial charge in [0, 0.05) is 0 Å². The van der Waals surface area contributed by atoms with Gasteiger partial charge in [0.25, 0.3) is 0 Å². The lowest BCUT2D eigenvalue weighted by Crippen LogP contribution is -2.61. The third-order valence-corrected chi connectivity index (χ3v) is 9.22. The van der Waals surface area contributed by atoms with Crippen LogP contribution in [0.1, 0.15) is 129 Å². The van der Waals surface area contributed by atoms with Crippen LogP contribution in [0.3, 0.4) is 0 Å². The number of carbonyl (C=O) groups excluding carboxylic acids is 1. The lowest BCUT2D eigenvalue weighted by atomic mass is 9.99. The normalized spacial score (nSPS) is 23.3. The lowest BCUT2D eigenvalue weighted by molar-refractivity contribution is -0.298. The van der Waals surface area contributed by atoms with E-state index in [-0.39, 0.29) is 6.42 Å². The second-order valence-electron chi connectivity index (χ2n) is 13.3. The number of aliphatic hydroxyl groups is 5. The van der Waals surface area contributed by atoms with Crippen molar-refractivity contribution in [2.24, 2.45) is 0 Å². The Kier molecular flexibility index (Phi) is 26.7. The Morgan fingerprint density at radius 2 is 1.33 bits per heavy atom. The van der Waals surface area contributed by atoms with Crippen molar-refractivity contribution < 1.29 is 57.0 Å². The molecule has 0 bridgehead atoms. The van der Waals surface area contributed by atoms with Crippen LogP contribution in [0, 0.1) is 0 Å². The van der Waals surface area contributed by atoms with Crippen molar-refractivity contribution >= 4 is 16.3 Å². The molecule has 1 aliphatic heterocycles. The van der Waals surface area contributed by atoms with E-state index in [1.807, 2.05) is 0 Å². The van der Waals surface area contributed by atoms with Gasteiger partial charge in [0.15, 0.2) is 6.29 Å². The number of rotatable bonds is 30. The maximum absolute atomic E-state index is 12.9. The molecule has 1 fully saturated rings. The Morgan fingerprint density at radius 1 is 0.784 bits per heavy atom. The fraction of sp³-hybridized carbons (Fsp3) is 0.811. The molecule has 7 N–H and O–H groups in total. The van der Waals surface area contributed by atoms with Crippen molar-refractivity contribution in [1.29, 1.82) is 0 Å². The average molecular weight is 750 g/mol. The maximum Gasteiger partial charge on any atom is 0.397 e. The summed E-state index contributed by atoms with van der Waals surface area (Å²) in [5.74, 6) is -0.731. The van der Waals surface area contributed by atoms with E-state index in [1.165, 1.54) is 44.6 Å². The van der Waals surface area contributed by atoms with Crippen LogP contribution < -0.4 is 5.32 Å². The first-order valence-electron chi connectivity index (χ1n) is 19.0. The zero-order valence-corrected chi connectivity index (χ0v) is 31.6. The van der Waals surface area contributed by atoms with Crippen LogP contribution in [0.15, 0.2) is 36.5 Å². The molecule has 0 spiro atoms. The Morgan fingerprint density at radius 3 is 1.94 bits per heavy atom. The van der Waals surface area contributed by atoms with Gasteiger partial charge in [0.1, 0.15) is 30.5 Å². The molecule has 0 aromatic carbocycles. The molecule has 14 heteroatoms. The smallest absolute Gasteiger partial charge is 0.394 e. The number of amides is 1. The first-order valence-corrected chi connectivity index (χ1v) is 20.3. The van der Waals surface area contributed by atoms with E-state index in [4.69, 9.17) is 14.0 Å². The Balaban J connectivity index is 2.77. The number of unbranched alkanes of at least 4 members (excludes halogenated alkanes) is 13. The molecule has 0 aromatic rings. The van der Waals surface area contributed by atoms with E-state index in [0.29, 0.717) is 12.8 Å². The molecule has 1 amide bonds. The van der Waals surface area contributed by atoms with Crippen molar-refractivity contribution in [3.05, 3.63) is 36.5 Å². The molecule has 0 radical (unpaired) electrons. The minimum atomic E-state index is -5.12. The van der Waals surface area contributed by atoms with E-state index in [9.17, 15) is 38.7 Å². The number of ether oxygens (including phenoxy) is 2. The van der Waals surface area contributed by atoms with Crippen LogP contribution in [-0.4, -0.2) is 107 Å². The first-order chi connectivity index (χ1) is 24.4. The largest absolute Gasteiger partial charge is 0.397 e. The predicted molar refractivity (Wildman–Crippen MR) is 196 cm³/mol. The molecule has 298 valence electrons. The third-order valence-electron chi connectivity index (χ3n) is 8.75. The molecule has 13 nitrogen and oxygen atoms in total. The lowest BCUT2D eigenvalue weighted by Gasteiger charge is -2.41. The molecule has 8 atom stereocenters. The van der Waals surface area contributed by atoms with E-state index in [2.05, 4.69) is 47.7 Å². The summed E-state index contributed by atoms with van der Waals surface area (Å²) < 4.78 is 47.2. The molecular formula is C37H67NO12S. The van der Waals surface area contributed by atoms with Crippen LogP contribution in [0.5, 0.6) is 0 Å². The summed E-state index contributed by atoms with van der Waals surface area (Å²) in [4.78, 5) is 12.9. The van der Waals surface area contributed by atoms with Gasteiger partial charge in [-0.15, -0.1) is 0 Å². The highest BCUT2D eigenvalue weighted by Gasteiger charge is 2.48. The number of allylic oxidation sites excluding steroid dienone is 5. The highest BCUT2D eigenvalue weighted by molar-refractivity contribution is 7.80. The Bertz CT molecular complexity index is 1090. The molecule has 1 saturated heterocycles. The molecule has 0 aromatic heterocycles. The second-order valence-corrected chi connectivity index (χ2v) is 14.3.